The van der Waals surface area contributed by atoms with Gasteiger partial charge in [0, 0.05) is 19.6 Å². The quantitative estimate of drug-likeness (QED) is 0.624. The number of hydrogen-bond donors (Lipinski definition) is 2. The summed E-state index contributed by atoms with van der Waals surface area (Å²) in [4.78, 5) is 13.5. The first kappa shape index (κ1) is 20.6. The number of likely N-dealkylation sites (N-methyl/N-ethyl adjacent to an activating group) is 1. The zero-order valence-corrected chi connectivity index (χ0v) is 14.4. The number of ether oxygens (including phenoxy) is 1. The highest BCUT2D eigenvalue weighted by Gasteiger charge is 2.23. The fourth-order valence-corrected chi connectivity index (χ4v) is 2.74. The molecule has 21 heavy (non-hydrogen) atoms. The lowest BCUT2D eigenvalue weighted by atomic mass is 10.2. The van der Waals surface area contributed by atoms with Gasteiger partial charge in [-0.2, -0.15) is 0 Å². The minimum atomic E-state index is -3.47. The van der Waals surface area contributed by atoms with Crippen LogP contribution in [0.3, 0.4) is 0 Å². The zero-order valence-electron chi connectivity index (χ0n) is 12.8. The molecule has 1 rings (SSSR count). The zero-order chi connectivity index (χ0) is 15.2. The van der Waals surface area contributed by atoms with Crippen molar-refractivity contribution in [3.63, 3.8) is 0 Å². The molecule has 1 fully saturated rings. The second kappa shape index (κ2) is 9.58. The average molecular weight is 344 g/mol. The molecule has 0 aromatic carbocycles. The topological polar surface area (TPSA) is 87.7 Å². The minimum absolute atomic E-state index is 0. The third-order valence-corrected chi connectivity index (χ3v) is 4.51. The standard InChI is InChI=1S/C12H25N3O4S.ClH/c1-10(2)19-6-7-20(17,18)14-9-12(16)15(3)11-4-5-13-8-11;/h10-11,13-14H,4-9H2,1-3H3;1H. The van der Waals surface area contributed by atoms with Gasteiger partial charge >= 0.3 is 0 Å². The first-order chi connectivity index (χ1) is 9.32. The van der Waals surface area contributed by atoms with Gasteiger partial charge in [0.05, 0.1) is 25.0 Å². The second-order valence-corrected chi connectivity index (χ2v) is 7.14. The van der Waals surface area contributed by atoms with Crippen molar-refractivity contribution in [3.05, 3.63) is 0 Å². The number of sulfonamides is 1. The highest BCUT2D eigenvalue weighted by atomic mass is 35.5. The van der Waals surface area contributed by atoms with Crippen LogP contribution in [-0.2, 0) is 19.6 Å². The molecule has 0 spiro atoms. The van der Waals surface area contributed by atoms with Crippen molar-refractivity contribution in [2.45, 2.75) is 32.4 Å². The summed E-state index contributed by atoms with van der Waals surface area (Å²) >= 11 is 0. The summed E-state index contributed by atoms with van der Waals surface area (Å²) in [5.41, 5.74) is 0. The number of amides is 1. The summed E-state index contributed by atoms with van der Waals surface area (Å²) in [7, 11) is -1.76. The van der Waals surface area contributed by atoms with Crippen LogP contribution in [0.15, 0.2) is 0 Å². The van der Waals surface area contributed by atoms with Crippen molar-refractivity contribution in [1.29, 1.82) is 0 Å². The van der Waals surface area contributed by atoms with Gasteiger partial charge in [-0.15, -0.1) is 12.4 Å². The Hall–Kier alpha value is -0.410. The van der Waals surface area contributed by atoms with Gasteiger partial charge in [0.2, 0.25) is 15.9 Å². The maximum atomic E-state index is 11.9. The Morgan fingerprint density at radius 3 is 2.67 bits per heavy atom. The molecule has 1 saturated heterocycles. The summed E-state index contributed by atoms with van der Waals surface area (Å²) in [6.45, 7) is 5.26. The Balaban J connectivity index is 0.00000400. The lowest BCUT2D eigenvalue weighted by Crippen LogP contribution is -2.44. The number of nitrogens with zero attached hydrogens (tertiary/aromatic N) is 1. The summed E-state index contributed by atoms with van der Waals surface area (Å²) in [5.74, 6) is -0.347. The van der Waals surface area contributed by atoms with Gasteiger partial charge < -0.3 is 15.0 Å². The van der Waals surface area contributed by atoms with Gasteiger partial charge in [0.1, 0.15) is 0 Å². The Kier molecular flexibility index (Phi) is 9.39. The molecule has 0 aromatic rings. The molecule has 1 aliphatic rings. The van der Waals surface area contributed by atoms with E-state index in [-0.39, 0.29) is 49.4 Å². The van der Waals surface area contributed by atoms with E-state index in [1.807, 2.05) is 13.8 Å². The fourth-order valence-electron chi connectivity index (χ4n) is 1.94. The van der Waals surface area contributed by atoms with Gasteiger partial charge in [-0.05, 0) is 26.8 Å². The predicted octanol–water partition coefficient (Wildman–Crippen LogP) is -0.427. The van der Waals surface area contributed by atoms with E-state index in [1.54, 1.807) is 11.9 Å². The molecule has 0 aromatic heterocycles. The van der Waals surface area contributed by atoms with E-state index in [2.05, 4.69) is 10.0 Å². The van der Waals surface area contributed by atoms with Gasteiger partial charge in [-0.3, -0.25) is 4.79 Å². The lowest BCUT2D eigenvalue weighted by molar-refractivity contribution is -0.130. The molecule has 2 N–H and O–H groups in total. The molecule has 1 heterocycles. The number of nitrogens with one attached hydrogen (secondary N) is 2. The second-order valence-electron chi connectivity index (χ2n) is 5.21. The van der Waals surface area contributed by atoms with Crippen molar-refractivity contribution >= 4 is 28.3 Å². The summed E-state index contributed by atoms with van der Waals surface area (Å²) in [5, 5.41) is 3.17. The third kappa shape index (κ3) is 7.96. The van der Waals surface area contributed by atoms with Crippen LogP contribution < -0.4 is 10.0 Å². The summed E-state index contributed by atoms with van der Waals surface area (Å²) in [6.07, 6.45) is 0.893. The number of carbonyl (C=O) groups is 1. The van der Waals surface area contributed by atoms with E-state index in [1.165, 1.54) is 0 Å². The van der Waals surface area contributed by atoms with Gasteiger partial charge in [0.15, 0.2) is 0 Å². The van der Waals surface area contributed by atoms with E-state index < -0.39 is 10.0 Å². The summed E-state index contributed by atoms with van der Waals surface area (Å²) in [6, 6.07) is 0.149. The molecular formula is C12H26ClN3O4S. The highest BCUT2D eigenvalue weighted by Crippen LogP contribution is 2.05. The molecule has 9 heteroatoms. The van der Waals surface area contributed by atoms with Crippen LogP contribution in [0.1, 0.15) is 20.3 Å². The van der Waals surface area contributed by atoms with Gasteiger partial charge in [0.25, 0.3) is 0 Å². The monoisotopic (exact) mass is 343 g/mol. The largest absolute Gasteiger partial charge is 0.378 e. The van der Waals surface area contributed by atoms with E-state index in [4.69, 9.17) is 4.74 Å². The first-order valence-corrected chi connectivity index (χ1v) is 8.52. The van der Waals surface area contributed by atoms with Crippen LogP contribution in [0.5, 0.6) is 0 Å². The molecule has 1 aliphatic heterocycles. The molecule has 0 radical (unpaired) electrons. The molecular weight excluding hydrogens is 318 g/mol. The molecule has 1 unspecified atom stereocenters. The van der Waals surface area contributed by atoms with Crippen LogP contribution in [0, 0.1) is 0 Å². The molecule has 1 amide bonds. The van der Waals surface area contributed by atoms with Crippen molar-refractivity contribution in [3.8, 4) is 0 Å². The van der Waals surface area contributed by atoms with E-state index in [0.29, 0.717) is 0 Å². The van der Waals surface area contributed by atoms with E-state index in [0.717, 1.165) is 19.5 Å². The van der Waals surface area contributed by atoms with Crippen LogP contribution in [0.2, 0.25) is 0 Å². The SMILES string of the molecule is CC(C)OCCS(=O)(=O)NCC(=O)N(C)C1CCNC1.Cl. The Labute approximate surface area is 133 Å². The maximum Gasteiger partial charge on any atom is 0.237 e. The molecule has 0 bridgehead atoms. The van der Waals surface area contributed by atoms with E-state index >= 15 is 0 Å². The predicted molar refractivity (Wildman–Crippen MR) is 84.2 cm³/mol. The molecule has 1 atom stereocenters. The number of halogens is 1. The Morgan fingerprint density at radius 2 is 2.14 bits per heavy atom. The minimum Gasteiger partial charge on any atom is -0.378 e. The van der Waals surface area contributed by atoms with Crippen LogP contribution in [0.25, 0.3) is 0 Å². The maximum absolute atomic E-state index is 11.9. The first-order valence-electron chi connectivity index (χ1n) is 6.87. The molecule has 126 valence electrons. The molecule has 0 aliphatic carbocycles. The van der Waals surface area contributed by atoms with Crippen LogP contribution in [-0.4, -0.2) is 70.4 Å². The lowest BCUT2D eigenvalue weighted by Gasteiger charge is -2.23. The molecule has 7 nitrogen and oxygen atoms in total. The van der Waals surface area contributed by atoms with E-state index in [9.17, 15) is 13.2 Å². The summed E-state index contributed by atoms with van der Waals surface area (Å²) < 4.78 is 30.9. The Morgan fingerprint density at radius 1 is 1.48 bits per heavy atom. The smallest absolute Gasteiger partial charge is 0.237 e. The van der Waals surface area contributed by atoms with Crippen LogP contribution >= 0.6 is 12.4 Å². The van der Waals surface area contributed by atoms with Gasteiger partial charge in [-0.25, -0.2) is 13.1 Å². The number of hydrogen-bond acceptors (Lipinski definition) is 5. The highest BCUT2D eigenvalue weighted by molar-refractivity contribution is 7.89. The van der Waals surface area contributed by atoms with Crippen molar-refractivity contribution < 1.29 is 17.9 Å². The Bertz CT molecular complexity index is 411. The average Bonchev–Trinajstić information content (AvgIpc) is 2.88. The van der Waals surface area contributed by atoms with Crippen LogP contribution in [0.4, 0.5) is 0 Å². The normalized spacial score (nSPS) is 18.6. The number of carbonyl (C=O) groups excluding carboxylic acids is 1. The van der Waals surface area contributed by atoms with Crippen molar-refractivity contribution in [1.82, 2.24) is 14.9 Å². The van der Waals surface area contributed by atoms with Crippen molar-refractivity contribution in [2.24, 2.45) is 0 Å². The fraction of sp³-hybridized carbons (Fsp3) is 0.917. The van der Waals surface area contributed by atoms with Gasteiger partial charge in [-0.1, -0.05) is 0 Å². The van der Waals surface area contributed by atoms with Crippen molar-refractivity contribution in [2.75, 3.05) is 39.0 Å². The molecule has 0 saturated carbocycles. The number of rotatable bonds is 8. The third-order valence-electron chi connectivity index (χ3n) is 3.22.